The van der Waals surface area contributed by atoms with Gasteiger partial charge in [0.25, 0.3) is 11.8 Å². The van der Waals surface area contributed by atoms with Gasteiger partial charge in [0, 0.05) is 66.4 Å². The van der Waals surface area contributed by atoms with Crippen LogP contribution in [0.3, 0.4) is 0 Å². The molecule has 1 aliphatic carbocycles. The number of aliphatic hydroxyl groups excluding tert-OH is 2. The minimum atomic E-state index is -0.822. The number of amides is 2. The Morgan fingerprint density at radius 1 is 0.604 bits per heavy atom. The van der Waals surface area contributed by atoms with Crippen molar-refractivity contribution in [1.82, 2.24) is 4.90 Å². The first-order valence-corrected chi connectivity index (χ1v) is 36.9. The number of allylic oxidation sites excluding steroid dienone is 7. The van der Waals surface area contributed by atoms with E-state index in [9.17, 15) is 24.9 Å². The molecule has 7 aromatic rings. The maximum absolute atomic E-state index is 13.3. The molecule has 6 heterocycles. The fraction of sp³-hybridized carbons (Fsp3) is 0.430. The Morgan fingerprint density at radius 3 is 1.88 bits per heavy atom. The van der Waals surface area contributed by atoms with Gasteiger partial charge in [0.2, 0.25) is 5.69 Å². The number of fused-ring (bicyclic) bond motifs is 7. The Bertz CT molecular complexity index is 4380. The van der Waals surface area contributed by atoms with E-state index in [1.807, 2.05) is 50.2 Å². The standard InChI is InChI=1S/C86H97N3O12/c1-9-57(90)47-64-51-62(42-41-61-50-60(97-83(98-61)69-33-17-19-35-73(69)92)28-22-27-58(91)48-63-49-59(10-2)95-77(96-63)52-89-81(93)67-31-15-16-32-68(67)82(89)94)99-84(100-64)70-34-18-20-36-74(70)101-80-55(39-45-75-85(3,4)78-65-29-13-11-23-53(65)37-43-71(78)87(75)7)25-21-26-56(80)40-46-76-86(5,6)79-66-30-14-12-24-54(66)38-44-72(79)88(76)8/h11-20,23-24,29-40,43-46,57-64,77,83-84,90-91H,9-10,21-22,25-28,41-42,47-52H2,1-8H3/p+1. The van der Waals surface area contributed by atoms with E-state index in [1.54, 1.807) is 36.4 Å². The first-order valence-electron chi connectivity index (χ1n) is 36.9. The van der Waals surface area contributed by atoms with Crippen LogP contribution in [0.25, 0.3) is 21.5 Å². The molecule has 101 heavy (non-hydrogen) atoms. The molecule has 0 aromatic heterocycles. The third-order valence-corrected chi connectivity index (χ3v) is 22.3. The zero-order chi connectivity index (χ0) is 70.3. The number of hydrogen-bond acceptors (Lipinski definition) is 13. The van der Waals surface area contributed by atoms with E-state index in [-0.39, 0.29) is 71.6 Å². The van der Waals surface area contributed by atoms with Crippen molar-refractivity contribution in [2.75, 3.05) is 25.5 Å². The van der Waals surface area contributed by atoms with Gasteiger partial charge in [-0.05, 0) is 178 Å². The highest BCUT2D eigenvalue weighted by molar-refractivity contribution is 6.21. The van der Waals surface area contributed by atoms with E-state index < -0.39 is 31.1 Å². The van der Waals surface area contributed by atoms with Crippen molar-refractivity contribution in [3.8, 4) is 11.5 Å². The Hall–Kier alpha value is -8.09. The number of hydrogen-bond donors (Lipinski definition) is 3. The number of para-hydroxylation sites is 2. The number of phenolic OH excluding ortho intramolecular Hbond substituents is 1. The molecule has 0 radical (unpaired) electrons. The number of imide groups is 1. The van der Waals surface area contributed by atoms with Crippen LogP contribution in [0.4, 0.5) is 11.4 Å². The minimum absolute atomic E-state index is 0.0301. The summed E-state index contributed by atoms with van der Waals surface area (Å²) < 4.78 is 50.0. The van der Waals surface area contributed by atoms with Crippen LogP contribution in [-0.2, 0) is 39.3 Å². The van der Waals surface area contributed by atoms with Crippen LogP contribution in [0.15, 0.2) is 192 Å². The van der Waals surface area contributed by atoms with E-state index >= 15 is 0 Å². The lowest BCUT2D eigenvalue weighted by Gasteiger charge is -2.39. The van der Waals surface area contributed by atoms with E-state index in [0.29, 0.717) is 93.1 Å². The van der Waals surface area contributed by atoms with Crippen LogP contribution in [0.5, 0.6) is 11.5 Å². The van der Waals surface area contributed by atoms with Crippen molar-refractivity contribution in [2.24, 2.45) is 0 Å². The Morgan fingerprint density at radius 2 is 1.18 bits per heavy atom. The first-order chi connectivity index (χ1) is 48.8. The van der Waals surface area contributed by atoms with Crippen LogP contribution in [-0.4, -0.2) is 118 Å². The average molecular weight is 1370 g/mol. The van der Waals surface area contributed by atoms with Crippen LogP contribution in [0, 0.1) is 0 Å². The molecule has 2 amide bonds. The Kier molecular flexibility index (Phi) is 20.6. The highest BCUT2D eigenvalue weighted by atomic mass is 16.7. The number of nitrogens with zero attached hydrogens (tertiary/aromatic N) is 3. The molecule has 7 aromatic carbocycles. The number of carbonyl (C=O) groups is 2. The Labute approximate surface area is 594 Å². The summed E-state index contributed by atoms with van der Waals surface area (Å²) in [5.74, 6) is 0.817. The number of aromatic hydroxyl groups is 1. The molecule has 0 spiro atoms. The highest BCUT2D eigenvalue weighted by Gasteiger charge is 2.46. The van der Waals surface area contributed by atoms with Gasteiger partial charge < -0.3 is 53.4 Å². The number of rotatable bonds is 22. The van der Waals surface area contributed by atoms with Crippen LogP contribution >= 0.6 is 0 Å². The average Bonchev–Trinajstić information content (AvgIpc) is 1.59. The first kappa shape index (κ1) is 70.0. The van der Waals surface area contributed by atoms with E-state index in [0.717, 1.165) is 48.2 Å². The summed E-state index contributed by atoms with van der Waals surface area (Å²) in [4.78, 5) is 30.1. The van der Waals surface area contributed by atoms with Crippen molar-refractivity contribution in [2.45, 2.75) is 216 Å². The molecule has 528 valence electrons. The highest BCUT2D eigenvalue weighted by Crippen LogP contribution is 2.51. The molecule has 11 atom stereocenters. The SMILES string of the molecule is CCC(O)CC1CC(CCC2CC(CCCC(O)CC3CC(CC)OC(CN4C(=O)c5ccccc5C4=O)O3)OC(c3ccccc3O)O2)OC(c2ccccc2OC2=C(/C=C/C3=[N+](C)c4ccc5ccccc5c4C3(C)C)CCC/C2=C\C=C2\N(C)c3ccc4ccccc4c3C2(C)C)O1. The summed E-state index contributed by atoms with van der Waals surface area (Å²) in [6.45, 7) is 13.3. The number of carbonyl (C=O) groups excluding carboxylic acids is 2. The van der Waals surface area contributed by atoms with Crippen molar-refractivity contribution in [1.29, 1.82) is 0 Å². The van der Waals surface area contributed by atoms with Gasteiger partial charge >= 0.3 is 0 Å². The molecule has 15 heteroatoms. The molecule has 0 saturated carbocycles. The molecule has 15 nitrogen and oxygen atoms in total. The minimum Gasteiger partial charge on any atom is -0.507 e. The van der Waals surface area contributed by atoms with Crippen molar-refractivity contribution in [3.63, 3.8) is 0 Å². The lowest BCUT2D eigenvalue weighted by molar-refractivity contribution is -0.401. The number of ether oxygens (including phenoxy) is 7. The van der Waals surface area contributed by atoms with Gasteiger partial charge in [-0.2, -0.15) is 4.58 Å². The number of likely N-dealkylation sites (N-methyl/N-ethyl adjacent to an activating group) is 1. The van der Waals surface area contributed by atoms with Crippen molar-refractivity contribution in [3.05, 3.63) is 226 Å². The van der Waals surface area contributed by atoms with Crippen molar-refractivity contribution >= 4 is 50.4 Å². The molecule has 0 bridgehead atoms. The fourth-order valence-corrected chi connectivity index (χ4v) is 17.0. The summed E-state index contributed by atoms with van der Waals surface area (Å²) in [5.41, 5.74) is 11.2. The lowest BCUT2D eigenvalue weighted by Crippen LogP contribution is -2.46. The van der Waals surface area contributed by atoms with Gasteiger partial charge in [0.1, 0.15) is 24.3 Å². The van der Waals surface area contributed by atoms with Crippen LogP contribution < -0.4 is 9.64 Å². The zero-order valence-electron chi connectivity index (χ0n) is 59.7. The number of anilines is 1. The molecule has 3 N–H and O–H groups in total. The second-order valence-electron chi connectivity index (χ2n) is 29.8. The quantitative estimate of drug-likeness (QED) is 0.0433. The summed E-state index contributed by atoms with van der Waals surface area (Å²) in [6.07, 6.45) is 13.4. The molecule has 11 unspecified atom stereocenters. The molecular weight excluding hydrogens is 1270 g/mol. The summed E-state index contributed by atoms with van der Waals surface area (Å²) in [7, 11) is 4.36. The number of aliphatic hydroxyl groups is 2. The normalized spacial score (nSPS) is 26.4. The van der Waals surface area contributed by atoms with Gasteiger partial charge in [0.05, 0.1) is 77.5 Å². The van der Waals surface area contributed by atoms with Crippen LogP contribution in [0.1, 0.15) is 193 Å². The summed E-state index contributed by atoms with van der Waals surface area (Å²) >= 11 is 0. The predicted octanol–water partition coefficient (Wildman–Crippen LogP) is 17.1. The summed E-state index contributed by atoms with van der Waals surface area (Å²) in [6, 6.07) is 48.4. The van der Waals surface area contributed by atoms with Gasteiger partial charge in [-0.3, -0.25) is 14.5 Å². The third-order valence-electron chi connectivity index (χ3n) is 22.3. The van der Waals surface area contributed by atoms with Crippen LogP contribution in [0.2, 0.25) is 0 Å². The molecule has 14 rings (SSSR count). The van der Waals surface area contributed by atoms with E-state index in [4.69, 9.17) is 33.2 Å². The lowest BCUT2D eigenvalue weighted by atomic mass is 9.78. The summed E-state index contributed by atoms with van der Waals surface area (Å²) in [5, 5.41) is 39.1. The zero-order valence-corrected chi connectivity index (χ0v) is 59.7. The second-order valence-corrected chi connectivity index (χ2v) is 29.8. The topological polar surface area (TPSA) is 169 Å². The maximum Gasteiger partial charge on any atom is 0.261 e. The number of phenols is 1. The van der Waals surface area contributed by atoms with Gasteiger partial charge in [-0.25, -0.2) is 0 Å². The number of benzene rings is 7. The van der Waals surface area contributed by atoms with Crippen molar-refractivity contribution < 1.29 is 62.6 Å². The second kappa shape index (κ2) is 29.7. The van der Waals surface area contributed by atoms with E-state index in [1.165, 1.54) is 60.4 Å². The smallest absolute Gasteiger partial charge is 0.261 e. The Balaban J connectivity index is 0.703. The molecule has 3 saturated heterocycles. The molecular formula is C86H98N3O12+. The maximum atomic E-state index is 13.3. The predicted molar refractivity (Wildman–Crippen MR) is 394 cm³/mol. The van der Waals surface area contributed by atoms with E-state index in [2.05, 4.69) is 148 Å². The molecule has 6 aliphatic heterocycles. The molecule has 7 aliphatic rings. The molecule has 3 fully saturated rings. The monoisotopic (exact) mass is 1360 g/mol. The van der Waals surface area contributed by atoms with Gasteiger partial charge in [-0.15, -0.1) is 0 Å². The van der Waals surface area contributed by atoms with Gasteiger partial charge in [0.15, 0.2) is 24.6 Å². The third kappa shape index (κ3) is 14.3. The van der Waals surface area contributed by atoms with Gasteiger partial charge in [-0.1, -0.05) is 137 Å². The largest absolute Gasteiger partial charge is 0.507 e. The fourth-order valence-electron chi connectivity index (χ4n) is 17.0.